The molecule has 2 aliphatic rings. The van der Waals surface area contributed by atoms with Crippen LogP contribution in [0.2, 0.25) is 0 Å². The van der Waals surface area contributed by atoms with E-state index in [1.165, 1.54) is 6.42 Å². The molecule has 0 bridgehead atoms. The number of hydrogen-bond acceptors (Lipinski definition) is 5. The Labute approximate surface area is 130 Å². The zero-order valence-electron chi connectivity index (χ0n) is 13.1. The number of rotatable bonds is 4. The quantitative estimate of drug-likeness (QED) is 0.866. The minimum atomic E-state index is -0.0147. The molecule has 2 aromatic heterocycles. The van der Waals surface area contributed by atoms with Crippen LogP contribution in [-0.2, 0) is 18.3 Å². The van der Waals surface area contributed by atoms with E-state index < -0.39 is 0 Å². The molecule has 1 saturated carbocycles. The summed E-state index contributed by atoms with van der Waals surface area (Å²) in [5.74, 6) is 4.51. The summed E-state index contributed by atoms with van der Waals surface area (Å²) in [7, 11) is 1.95. The second kappa shape index (κ2) is 5.52. The molecule has 1 aliphatic carbocycles. The van der Waals surface area contributed by atoms with E-state index in [4.69, 9.17) is 9.15 Å². The Hall–Kier alpha value is -1.66. The summed E-state index contributed by atoms with van der Waals surface area (Å²) in [6.45, 7) is 5.57. The van der Waals surface area contributed by atoms with Crippen molar-refractivity contribution in [2.45, 2.75) is 31.9 Å². The summed E-state index contributed by atoms with van der Waals surface area (Å²) in [5, 5.41) is 8.10. The Morgan fingerprint density at radius 3 is 2.95 bits per heavy atom. The van der Waals surface area contributed by atoms with Crippen molar-refractivity contribution in [3.63, 3.8) is 0 Å². The van der Waals surface area contributed by atoms with E-state index in [0.29, 0.717) is 12.5 Å². The van der Waals surface area contributed by atoms with E-state index >= 15 is 0 Å². The monoisotopic (exact) mass is 302 g/mol. The second-order valence-electron chi connectivity index (χ2n) is 6.52. The fourth-order valence-corrected chi connectivity index (χ4v) is 3.20. The molecule has 6 nitrogen and oxygen atoms in total. The minimum Gasteiger partial charge on any atom is -0.464 e. The van der Waals surface area contributed by atoms with Crippen molar-refractivity contribution in [3.8, 4) is 0 Å². The second-order valence-corrected chi connectivity index (χ2v) is 6.52. The van der Waals surface area contributed by atoms with Crippen LogP contribution < -0.4 is 0 Å². The maximum Gasteiger partial charge on any atom is 0.163 e. The van der Waals surface area contributed by atoms with Crippen LogP contribution in [0.5, 0.6) is 0 Å². The predicted octanol–water partition coefficient (Wildman–Crippen LogP) is 2.10. The van der Waals surface area contributed by atoms with Gasteiger partial charge < -0.3 is 13.7 Å². The molecule has 4 rings (SSSR count). The third-order valence-electron chi connectivity index (χ3n) is 4.72. The molecule has 0 aromatic carbocycles. The summed E-state index contributed by atoms with van der Waals surface area (Å²) >= 11 is 0. The molecule has 118 valence electrons. The van der Waals surface area contributed by atoms with Crippen LogP contribution in [0.25, 0.3) is 0 Å². The van der Waals surface area contributed by atoms with Crippen molar-refractivity contribution in [3.05, 3.63) is 35.8 Å². The van der Waals surface area contributed by atoms with Gasteiger partial charge in [-0.15, -0.1) is 10.2 Å². The maximum atomic E-state index is 6.01. The number of hydrogen-bond donors (Lipinski definition) is 0. The number of furan rings is 1. The molecule has 6 heteroatoms. The Balaban J connectivity index is 1.40. The van der Waals surface area contributed by atoms with Gasteiger partial charge in [-0.2, -0.15) is 0 Å². The average molecular weight is 302 g/mol. The van der Waals surface area contributed by atoms with Gasteiger partial charge in [-0.25, -0.2) is 0 Å². The van der Waals surface area contributed by atoms with Crippen molar-refractivity contribution < 1.29 is 9.15 Å². The Kier molecular flexibility index (Phi) is 3.50. The van der Waals surface area contributed by atoms with Gasteiger partial charge in [0.05, 0.1) is 13.2 Å². The van der Waals surface area contributed by atoms with Crippen molar-refractivity contribution in [1.29, 1.82) is 0 Å². The zero-order valence-corrected chi connectivity index (χ0v) is 13.1. The largest absolute Gasteiger partial charge is 0.464 e. The van der Waals surface area contributed by atoms with Crippen LogP contribution in [0.3, 0.4) is 0 Å². The Bertz CT molecular complexity index is 650. The highest BCUT2D eigenvalue weighted by atomic mass is 16.5. The number of aryl methyl sites for hydroxylation is 1. The lowest BCUT2D eigenvalue weighted by molar-refractivity contribution is -0.0403. The van der Waals surface area contributed by atoms with Crippen molar-refractivity contribution in [2.24, 2.45) is 13.0 Å². The van der Waals surface area contributed by atoms with Crippen LogP contribution in [-0.4, -0.2) is 39.4 Å². The van der Waals surface area contributed by atoms with Crippen LogP contribution in [0.15, 0.2) is 22.9 Å². The van der Waals surface area contributed by atoms with Crippen molar-refractivity contribution in [1.82, 2.24) is 19.7 Å². The molecule has 3 heterocycles. The summed E-state index contributed by atoms with van der Waals surface area (Å²) in [4.78, 5) is 2.36. The van der Waals surface area contributed by atoms with Gasteiger partial charge in [-0.3, -0.25) is 4.90 Å². The molecule has 2 aromatic rings. The molecule has 0 N–H and O–H groups in total. The molecule has 0 radical (unpaired) electrons. The molecule has 22 heavy (non-hydrogen) atoms. The molecule has 1 saturated heterocycles. The first kappa shape index (κ1) is 14.0. The topological polar surface area (TPSA) is 56.3 Å². The predicted molar refractivity (Wildman–Crippen MR) is 80.2 cm³/mol. The third-order valence-corrected chi connectivity index (χ3v) is 4.72. The van der Waals surface area contributed by atoms with Crippen molar-refractivity contribution in [2.75, 3.05) is 19.7 Å². The minimum absolute atomic E-state index is 0.0147. The highest BCUT2D eigenvalue weighted by Gasteiger charge is 2.36. The molecule has 3 atom stereocenters. The molecule has 2 fully saturated rings. The lowest BCUT2D eigenvalue weighted by Crippen LogP contribution is -2.38. The van der Waals surface area contributed by atoms with Gasteiger partial charge in [0, 0.05) is 26.1 Å². The van der Waals surface area contributed by atoms with Crippen LogP contribution in [0, 0.1) is 5.92 Å². The Morgan fingerprint density at radius 1 is 1.36 bits per heavy atom. The van der Waals surface area contributed by atoms with Gasteiger partial charge >= 0.3 is 0 Å². The van der Waals surface area contributed by atoms with Gasteiger partial charge in [0.15, 0.2) is 5.82 Å². The summed E-state index contributed by atoms with van der Waals surface area (Å²) in [6, 6.07) is 4.26. The molecular weight excluding hydrogens is 280 g/mol. The molecular formula is C16H22N4O2. The summed E-state index contributed by atoms with van der Waals surface area (Å²) < 4.78 is 13.8. The van der Waals surface area contributed by atoms with E-state index in [9.17, 15) is 0 Å². The van der Waals surface area contributed by atoms with Gasteiger partial charge in [0.2, 0.25) is 0 Å². The smallest absolute Gasteiger partial charge is 0.163 e. The van der Waals surface area contributed by atoms with Crippen LogP contribution >= 0.6 is 0 Å². The van der Waals surface area contributed by atoms with Crippen LogP contribution in [0.4, 0.5) is 0 Å². The van der Waals surface area contributed by atoms with Gasteiger partial charge in [0.1, 0.15) is 24.0 Å². The van der Waals surface area contributed by atoms with Crippen molar-refractivity contribution >= 4 is 0 Å². The van der Waals surface area contributed by atoms with E-state index in [-0.39, 0.29) is 6.10 Å². The van der Waals surface area contributed by atoms with E-state index in [2.05, 4.69) is 34.2 Å². The molecule has 1 aliphatic heterocycles. The molecule has 0 amide bonds. The number of ether oxygens (including phenoxy) is 1. The van der Waals surface area contributed by atoms with Gasteiger partial charge in [0.25, 0.3) is 0 Å². The fourth-order valence-electron chi connectivity index (χ4n) is 3.20. The van der Waals surface area contributed by atoms with E-state index in [0.717, 1.165) is 42.9 Å². The zero-order chi connectivity index (χ0) is 15.1. The standard InChI is InChI=1S/C16H22N4O2/c1-11-7-13(11)14-4-3-12(22-14)8-20-5-6-21-15(9-20)16-18-17-10-19(16)2/h3-4,10-11,13,15H,5-9H2,1-2H3/t11-,13-,15-/m1/s1. The first-order chi connectivity index (χ1) is 10.7. The first-order valence-corrected chi connectivity index (χ1v) is 7.97. The Morgan fingerprint density at radius 2 is 2.23 bits per heavy atom. The highest BCUT2D eigenvalue weighted by Crippen LogP contribution is 2.47. The average Bonchev–Trinajstić information content (AvgIpc) is 2.89. The summed E-state index contributed by atoms with van der Waals surface area (Å²) in [6.07, 6.45) is 2.96. The molecule has 0 spiro atoms. The van der Waals surface area contributed by atoms with Crippen LogP contribution in [0.1, 0.15) is 42.7 Å². The fraction of sp³-hybridized carbons (Fsp3) is 0.625. The molecule has 0 unspecified atom stereocenters. The number of aromatic nitrogens is 3. The number of nitrogens with zero attached hydrogens (tertiary/aromatic N) is 4. The SMILES string of the molecule is C[C@@H]1C[C@H]1c1ccc(CN2CCO[C@@H](c3nncn3C)C2)o1. The van der Waals surface area contributed by atoms with Gasteiger partial charge in [-0.1, -0.05) is 6.92 Å². The summed E-state index contributed by atoms with van der Waals surface area (Å²) in [5.41, 5.74) is 0. The normalized spacial score (nSPS) is 28.9. The lowest BCUT2D eigenvalue weighted by Gasteiger charge is -2.31. The number of morpholine rings is 1. The third kappa shape index (κ3) is 2.68. The first-order valence-electron chi connectivity index (χ1n) is 7.97. The lowest BCUT2D eigenvalue weighted by atomic mass is 10.2. The van der Waals surface area contributed by atoms with Gasteiger partial charge in [-0.05, 0) is 24.5 Å². The van der Waals surface area contributed by atoms with E-state index in [1.54, 1.807) is 6.33 Å². The van der Waals surface area contributed by atoms with E-state index in [1.807, 2.05) is 11.6 Å². The highest BCUT2D eigenvalue weighted by molar-refractivity contribution is 5.17. The maximum absolute atomic E-state index is 6.01.